The molecular formula is C15H21Cl2N3O. The lowest BCUT2D eigenvalue weighted by Crippen LogP contribution is -2.76. The molecule has 1 aliphatic rings. The lowest BCUT2D eigenvalue weighted by molar-refractivity contribution is -0.0638. The summed E-state index contributed by atoms with van der Waals surface area (Å²) in [7, 11) is 0. The highest BCUT2D eigenvalue weighted by Crippen LogP contribution is 2.52. The summed E-state index contributed by atoms with van der Waals surface area (Å²) in [5.74, 6) is 0. The highest BCUT2D eigenvalue weighted by atomic mass is 35.5. The second-order valence-electron chi connectivity index (χ2n) is 6.81. The number of halogens is 2. The van der Waals surface area contributed by atoms with Gasteiger partial charge in [-0.25, -0.2) is 4.79 Å². The molecule has 116 valence electrons. The van der Waals surface area contributed by atoms with E-state index in [0.29, 0.717) is 15.7 Å². The van der Waals surface area contributed by atoms with E-state index in [1.807, 2.05) is 0 Å². The van der Waals surface area contributed by atoms with Gasteiger partial charge in [0, 0.05) is 38.6 Å². The minimum absolute atomic E-state index is 0.00495. The molecule has 1 fully saturated rings. The first-order valence-electron chi connectivity index (χ1n) is 6.84. The highest BCUT2D eigenvalue weighted by molar-refractivity contribution is 6.35. The molecule has 0 radical (unpaired) electrons. The second kappa shape index (κ2) is 5.34. The summed E-state index contributed by atoms with van der Waals surface area (Å²) in [4.78, 5) is 12.2. The zero-order valence-electron chi connectivity index (χ0n) is 12.6. The van der Waals surface area contributed by atoms with E-state index in [-0.39, 0.29) is 28.9 Å². The Morgan fingerprint density at radius 2 is 1.57 bits per heavy atom. The largest absolute Gasteiger partial charge is 0.334 e. The average Bonchev–Trinajstić information content (AvgIpc) is 2.33. The fourth-order valence-corrected chi connectivity index (χ4v) is 4.00. The van der Waals surface area contributed by atoms with E-state index in [9.17, 15) is 4.79 Å². The summed E-state index contributed by atoms with van der Waals surface area (Å²) in [5, 5.41) is 6.70. The number of benzene rings is 1. The van der Waals surface area contributed by atoms with Crippen molar-refractivity contribution < 1.29 is 4.79 Å². The van der Waals surface area contributed by atoms with Crippen LogP contribution in [0.5, 0.6) is 0 Å². The average molecular weight is 330 g/mol. The zero-order chi connectivity index (χ0) is 16.0. The van der Waals surface area contributed by atoms with Gasteiger partial charge in [0.05, 0.1) is 0 Å². The van der Waals surface area contributed by atoms with Gasteiger partial charge in [-0.3, -0.25) is 0 Å². The van der Waals surface area contributed by atoms with Gasteiger partial charge in [0.1, 0.15) is 0 Å². The number of urea groups is 1. The number of carbonyl (C=O) groups excluding carboxylic acids is 1. The van der Waals surface area contributed by atoms with E-state index in [4.69, 9.17) is 28.9 Å². The Morgan fingerprint density at radius 3 is 2.05 bits per heavy atom. The van der Waals surface area contributed by atoms with Gasteiger partial charge in [0.25, 0.3) is 0 Å². The van der Waals surface area contributed by atoms with Crippen LogP contribution in [-0.4, -0.2) is 18.1 Å². The fraction of sp³-hybridized carbons (Fsp3) is 0.533. The quantitative estimate of drug-likeness (QED) is 0.770. The molecule has 0 saturated heterocycles. The number of hydrogen-bond donors (Lipinski definition) is 3. The van der Waals surface area contributed by atoms with Crippen LogP contribution in [0.4, 0.5) is 10.5 Å². The maximum atomic E-state index is 12.2. The Morgan fingerprint density at radius 1 is 1.10 bits per heavy atom. The highest BCUT2D eigenvalue weighted by Gasteiger charge is 2.60. The molecule has 2 rings (SSSR count). The van der Waals surface area contributed by atoms with Crippen LogP contribution in [0.3, 0.4) is 0 Å². The van der Waals surface area contributed by atoms with Crippen molar-refractivity contribution in [1.82, 2.24) is 5.32 Å². The lowest BCUT2D eigenvalue weighted by Gasteiger charge is -2.62. The first kappa shape index (κ1) is 16.4. The van der Waals surface area contributed by atoms with Gasteiger partial charge < -0.3 is 16.4 Å². The number of hydrogen-bond acceptors (Lipinski definition) is 2. The first-order valence-corrected chi connectivity index (χ1v) is 7.60. The summed E-state index contributed by atoms with van der Waals surface area (Å²) in [6.45, 7) is 8.24. The van der Waals surface area contributed by atoms with Crippen molar-refractivity contribution in [2.45, 2.75) is 39.8 Å². The minimum Gasteiger partial charge on any atom is -0.334 e. The third-order valence-corrected chi connectivity index (χ3v) is 4.92. The molecule has 0 atom stereocenters. The van der Waals surface area contributed by atoms with Crippen LogP contribution in [0.1, 0.15) is 27.7 Å². The molecule has 0 aromatic heterocycles. The van der Waals surface area contributed by atoms with Gasteiger partial charge in [0.15, 0.2) is 0 Å². The van der Waals surface area contributed by atoms with Crippen LogP contribution >= 0.6 is 23.2 Å². The molecule has 0 aliphatic heterocycles. The molecule has 4 nitrogen and oxygen atoms in total. The lowest BCUT2D eigenvalue weighted by atomic mass is 9.48. The number of nitrogens with one attached hydrogen (secondary N) is 2. The van der Waals surface area contributed by atoms with Crippen molar-refractivity contribution in [3.8, 4) is 0 Å². The van der Waals surface area contributed by atoms with Crippen molar-refractivity contribution in [2.75, 3.05) is 5.32 Å². The van der Waals surface area contributed by atoms with Gasteiger partial charge in [-0.1, -0.05) is 50.9 Å². The maximum absolute atomic E-state index is 12.2. The number of anilines is 1. The van der Waals surface area contributed by atoms with E-state index in [0.717, 1.165) is 0 Å². The van der Waals surface area contributed by atoms with Crippen molar-refractivity contribution in [3.63, 3.8) is 0 Å². The van der Waals surface area contributed by atoms with Crippen LogP contribution < -0.4 is 16.4 Å². The number of amides is 2. The van der Waals surface area contributed by atoms with E-state index in [2.05, 4.69) is 38.3 Å². The second-order valence-corrected chi connectivity index (χ2v) is 7.68. The van der Waals surface area contributed by atoms with Crippen LogP contribution in [0.15, 0.2) is 18.2 Å². The zero-order valence-corrected chi connectivity index (χ0v) is 14.1. The molecule has 0 spiro atoms. The Balaban J connectivity index is 2.05. The normalized spacial score (nSPS) is 25.9. The van der Waals surface area contributed by atoms with Crippen LogP contribution in [0.25, 0.3) is 0 Å². The third kappa shape index (κ3) is 2.98. The monoisotopic (exact) mass is 329 g/mol. The van der Waals surface area contributed by atoms with Gasteiger partial charge in [-0.15, -0.1) is 0 Å². The maximum Gasteiger partial charge on any atom is 0.319 e. The summed E-state index contributed by atoms with van der Waals surface area (Å²) >= 11 is 11.8. The standard InChI is InChI=1S/C15H21Cl2N3O/c1-14(2)11(18)15(3,4)12(14)20-13(21)19-10-6-8(16)5-9(17)7-10/h5-7,11-12H,18H2,1-4H3,(H2,19,20,21). The van der Waals surface area contributed by atoms with E-state index in [1.165, 1.54) is 0 Å². The Bertz CT molecular complexity index is 536. The molecule has 1 aliphatic carbocycles. The molecule has 6 heteroatoms. The van der Waals surface area contributed by atoms with Gasteiger partial charge >= 0.3 is 6.03 Å². The van der Waals surface area contributed by atoms with E-state index in [1.54, 1.807) is 18.2 Å². The van der Waals surface area contributed by atoms with E-state index >= 15 is 0 Å². The van der Waals surface area contributed by atoms with Crippen LogP contribution in [0, 0.1) is 10.8 Å². The summed E-state index contributed by atoms with van der Waals surface area (Å²) < 4.78 is 0. The van der Waals surface area contributed by atoms with Gasteiger partial charge in [-0.05, 0) is 18.2 Å². The molecule has 2 amide bonds. The SMILES string of the molecule is CC1(C)C(N)C(C)(C)C1NC(=O)Nc1cc(Cl)cc(Cl)c1. The molecular weight excluding hydrogens is 309 g/mol. The van der Waals surface area contributed by atoms with Gasteiger partial charge in [-0.2, -0.15) is 0 Å². The molecule has 4 N–H and O–H groups in total. The van der Waals surface area contributed by atoms with Crippen molar-refractivity contribution >= 4 is 34.9 Å². The molecule has 0 unspecified atom stereocenters. The molecule has 1 aromatic carbocycles. The van der Waals surface area contributed by atoms with Crippen molar-refractivity contribution in [3.05, 3.63) is 28.2 Å². The number of nitrogens with two attached hydrogens (primary N) is 1. The van der Waals surface area contributed by atoms with Crippen LogP contribution in [0.2, 0.25) is 10.0 Å². The number of carbonyl (C=O) groups is 1. The summed E-state index contributed by atoms with van der Waals surface area (Å²) in [5.41, 5.74) is 6.45. The predicted molar refractivity (Wildman–Crippen MR) is 87.9 cm³/mol. The van der Waals surface area contributed by atoms with Crippen LogP contribution in [-0.2, 0) is 0 Å². The Labute approximate surface area is 135 Å². The topological polar surface area (TPSA) is 67.1 Å². The van der Waals surface area contributed by atoms with Crippen molar-refractivity contribution in [1.29, 1.82) is 0 Å². The number of rotatable bonds is 2. The smallest absolute Gasteiger partial charge is 0.319 e. The summed E-state index contributed by atoms with van der Waals surface area (Å²) in [6.07, 6.45) is 0. The Hall–Kier alpha value is -0.970. The first-order chi connectivity index (χ1) is 9.55. The molecule has 21 heavy (non-hydrogen) atoms. The molecule has 0 heterocycles. The molecule has 1 saturated carbocycles. The minimum atomic E-state index is -0.286. The summed E-state index contributed by atoms with van der Waals surface area (Å²) in [6, 6.07) is 4.66. The Kier molecular flexibility index (Phi) is 4.17. The van der Waals surface area contributed by atoms with Gasteiger partial charge in [0.2, 0.25) is 0 Å². The fourth-order valence-electron chi connectivity index (χ4n) is 3.48. The van der Waals surface area contributed by atoms with E-state index < -0.39 is 0 Å². The molecule has 0 bridgehead atoms. The van der Waals surface area contributed by atoms with Crippen molar-refractivity contribution in [2.24, 2.45) is 16.6 Å². The molecule has 1 aromatic rings. The third-order valence-electron chi connectivity index (χ3n) is 4.49. The predicted octanol–water partition coefficient (Wildman–Crippen LogP) is 3.88.